The second kappa shape index (κ2) is 5.21. The van der Waals surface area contributed by atoms with Crippen LogP contribution in [0.3, 0.4) is 0 Å². The lowest BCUT2D eigenvalue weighted by molar-refractivity contribution is -0.148. The number of fused-ring (bicyclic) bond motifs is 2. The molecule has 0 aromatic rings. The Bertz CT molecular complexity index is 485. The molecule has 0 spiro atoms. The molecule has 0 amide bonds. The van der Waals surface area contributed by atoms with Crippen molar-refractivity contribution in [2.24, 2.45) is 10.9 Å². The van der Waals surface area contributed by atoms with Crippen LogP contribution in [0.2, 0.25) is 0 Å². The van der Waals surface area contributed by atoms with Crippen molar-refractivity contribution in [2.75, 3.05) is 0 Å². The van der Waals surface area contributed by atoms with Gasteiger partial charge in [0.15, 0.2) is 0 Å². The monoisotopic (exact) mass is 291 g/mol. The third-order valence-electron chi connectivity index (χ3n) is 5.06. The van der Waals surface area contributed by atoms with Crippen LogP contribution in [0.5, 0.6) is 0 Å². The van der Waals surface area contributed by atoms with Gasteiger partial charge in [0.25, 0.3) is 0 Å². The summed E-state index contributed by atoms with van der Waals surface area (Å²) in [5.41, 5.74) is 0.771. The molecule has 4 unspecified atom stereocenters. The van der Waals surface area contributed by atoms with E-state index in [0.717, 1.165) is 23.5 Å². The van der Waals surface area contributed by atoms with Crippen molar-refractivity contribution in [3.63, 3.8) is 0 Å². The number of nitrogens with zero attached hydrogens (tertiary/aromatic N) is 1. The maximum Gasteiger partial charge on any atom is 0.340 e. The first-order valence-corrected chi connectivity index (χ1v) is 8.87. The van der Waals surface area contributed by atoms with E-state index < -0.39 is 0 Å². The minimum atomic E-state index is -0.127. The normalized spacial score (nSPS) is 40.3. The lowest BCUT2D eigenvalue weighted by Gasteiger charge is -2.33. The van der Waals surface area contributed by atoms with Crippen LogP contribution in [-0.2, 0) is 9.53 Å². The van der Waals surface area contributed by atoms with Crippen LogP contribution < -0.4 is 0 Å². The maximum absolute atomic E-state index is 12.3. The van der Waals surface area contributed by atoms with Crippen LogP contribution in [0.1, 0.15) is 51.4 Å². The molecule has 0 N–H and O–H groups in total. The molecule has 4 rings (SSSR count). The molecule has 0 aromatic carbocycles. The number of hydrogen-bond donors (Lipinski definition) is 0. The molecule has 4 aliphatic rings. The van der Waals surface area contributed by atoms with Gasteiger partial charge < -0.3 is 4.74 Å². The minimum absolute atomic E-state index is 0.127. The smallest absolute Gasteiger partial charge is 0.340 e. The Morgan fingerprint density at radius 2 is 1.90 bits per heavy atom. The van der Waals surface area contributed by atoms with Crippen molar-refractivity contribution < 1.29 is 9.53 Å². The number of hydrogen-bond acceptors (Lipinski definition) is 4. The molecule has 108 valence electrons. The van der Waals surface area contributed by atoms with E-state index in [1.807, 2.05) is 11.8 Å². The average molecular weight is 291 g/mol. The van der Waals surface area contributed by atoms with Crippen LogP contribution in [0.15, 0.2) is 16.6 Å². The standard InChI is InChI=1S/C16H21NO2S/c18-16-11(9-10-5-1-3-7-13(10)19-16)15-17-12-6-2-4-8-14(12)20-15/h9-10,12-14H,1-8H2. The van der Waals surface area contributed by atoms with Crippen molar-refractivity contribution in [3.05, 3.63) is 11.6 Å². The molecule has 2 aliphatic heterocycles. The SMILES string of the molecule is O=C1OC2CCCCC2C=C1C1=NC2CCCCC2S1. The summed E-state index contributed by atoms with van der Waals surface area (Å²) in [6.45, 7) is 0. The Hall–Kier alpha value is -0.770. The van der Waals surface area contributed by atoms with Gasteiger partial charge in [-0.05, 0) is 32.1 Å². The molecule has 0 saturated heterocycles. The zero-order chi connectivity index (χ0) is 13.5. The van der Waals surface area contributed by atoms with Gasteiger partial charge in [-0.15, -0.1) is 11.8 Å². The second-order valence-corrected chi connectivity index (χ2v) is 7.64. The van der Waals surface area contributed by atoms with Gasteiger partial charge in [-0.1, -0.05) is 25.3 Å². The summed E-state index contributed by atoms with van der Waals surface area (Å²) in [7, 11) is 0. The predicted molar refractivity (Wildman–Crippen MR) is 81.0 cm³/mol. The molecule has 20 heavy (non-hydrogen) atoms. The van der Waals surface area contributed by atoms with Crippen LogP contribution >= 0.6 is 11.8 Å². The molecule has 2 aliphatic carbocycles. The van der Waals surface area contributed by atoms with Gasteiger partial charge in [-0.3, -0.25) is 4.99 Å². The largest absolute Gasteiger partial charge is 0.458 e. The highest BCUT2D eigenvalue weighted by Gasteiger charge is 2.39. The highest BCUT2D eigenvalue weighted by Crippen LogP contribution is 2.41. The van der Waals surface area contributed by atoms with E-state index in [9.17, 15) is 4.79 Å². The van der Waals surface area contributed by atoms with Crippen LogP contribution in [0.25, 0.3) is 0 Å². The first kappa shape index (κ1) is 12.9. The van der Waals surface area contributed by atoms with Gasteiger partial charge in [0, 0.05) is 11.2 Å². The van der Waals surface area contributed by atoms with Crippen molar-refractivity contribution in [1.29, 1.82) is 0 Å². The van der Waals surface area contributed by atoms with Crippen LogP contribution in [0, 0.1) is 5.92 Å². The van der Waals surface area contributed by atoms with E-state index in [-0.39, 0.29) is 12.1 Å². The Labute approximate surface area is 124 Å². The van der Waals surface area contributed by atoms with E-state index in [2.05, 4.69) is 6.08 Å². The number of ether oxygens (including phenoxy) is 1. The minimum Gasteiger partial charge on any atom is -0.458 e. The van der Waals surface area contributed by atoms with Gasteiger partial charge in [-0.25, -0.2) is 4.79 Å². The fraction of sp³-hybridized carbons (Fsp3) is 0.750. The van der Waals surface area contributed by atoms with Crippen molar-refractivity contribution >= 4 is 22.8 Å². The Balaban J connectivity index is 1.58. The van der Waals surface area contributed by atoms with E-state index in [1.165, 1.54) is 38.5 Å². The molecule has 3 nitrogen and oxygen atoms in total. The van der Waals surface area contributed by atoms with Crippen LogP contribution in [0.4, 0.5) is 0 Å². The summed E-state index contributed by atoms with van der Waals surface area (Å²) in [6.07, 6.45) is 12.0. The Morgan fingerprint density at radius 3 is 2.80 bits per heavy atom. The number of thioether (sulfide) groups is 1. The molecular formula is C16H21NO2S. The van der Waals surface area contributed by atoms with Crippen molar-refractivity contribution in [1.82, 2.24) is 0 Å². The highest BCUT2D eigenvalue weighted by atomic mass is 32.2. The number of carbonyl (C=O) groups excluding carboxylic acids is 1. The number of esters is 1. The lowest BCUT2D eigenvalue weighted by Crippen LogP contribution is -2.35. The van der Waals surface area contributed by atoms with Gasteiger partial charge in [-0.2, -0.15) is 0 Å². The predicted octanol–water partition coefficient (Wildman–Crippen LogP) is 3.48. The second-order valence-electron chi connectivity index (χ2n) is 6.41. The average Bonchev–Trinajstić information content (AvgIpc) is 2.90. The third kappa shape index (κ3) is 2.22. The maximum atomic E-state index is 12.3. The summed E-state index contributed by atoms with van der Waals surface area (Å²) in [6, 6.07) is 0.446. The summed E-state index contributed by atoms with van der Waals surface area (Å²) in [5.74, 6) is 0.306. The molecule has 4 atom stereocenters. The van der Waals surface area contributed by atoms with Gasteiger partial charge in [0.2, 0.25) is 0 Å². The summed E-state index contributed by atoms with van der Waals surface area (Å²) < 4.78 is 5.67. The summed E-state index contributed by atoms with van der Waals surface area (Å²) in [5, 5.41) is 1.58. The zero-order valence-corrected chi connectivity index (χ0v) is 12.5. The van der Waals surface area contributed by atoms with Gasteiger partial charge >= 0.3 is 5.97 Å². The quantitative estimate of drug-likeness (QED) is 0.694. The lowest BCUT2D eigenvalue weighted by atomic mass is 9.83. The van der Waals surface area contributed by atoms with E-state index in [0.29, 0.717) is 17.2 Å². The first-order chi connectivity index (χ1) is 9.81. The van der Waals surface area contributed by atoms with Crippen molar-refractivity contribution in [2.45, 2.75) is 68.8 Å². The fourth-order valence-corrected chi connectivity index (χ4v) is 5.32. The fourth-order valence-electron chi connectivity index (χ4n) is 3.92. The first-order valence-electron chi connectivity index (χ1n) is 7.99. The number of carbonyl (C=O) groups is 1. The van der Waals surface area contributed by atoms with E-state index >= 15 is 0 Å². The van der Waals surface area contributed by atoms with E-state index in [1.54, 1.807) is 0 Å². The topological polar surface area (TPSA) is 38.7 Å². The van der Waals surface area contributed by atoms with Gasteiger partial charge in [0.1, 0.15) is 11.1 Å². The molecule has 2 heterocycles. The van der Waals surface area contributed by atoms with Crippen molar-refractivity contribution in [3.8, 4) is 0 Å². The van der Waals surface area contributed by atoms with E-state index in [4.69, 9.17) is 9.73 Å². The highest BCUT2D eigenvalue weighted by molar-refractivity contribution is 8.15. The molecule has 0 aromatic heterocycles. The zero-order valence-electron chi connectivity index (χ0n) is 11.7. The molecular weight excluding hydrogens is 270 g/mol. The molecule has 0 bridgehead atoms. The summed E-state index contributed by atoms with van der Waals surface area (Å²) >= 11 is 1.83. The number of aliphatic imine (C=N–C) groups is 1. The molecule has 2 saturated carbocycles. The van der Waals surface area contributed by atoms with Crippen LogP contribution in [-0.4, -0.2) is 28.4 Å². The Kier molecular flexibility index (Phi) is 3.37. The molecule has 4 heteroatoms. The van der Waals surface area contributed by atoms with Gasteiger partial charge in [0.05, 0.1) is 11.6 Å². The number of rotatable bonds is 1. The summed E-state index contributed by atoms with van der Waals surface area (Å²) in [4.78, 5) is 17.1. The Morgan fingerprint density at radius 1 is 1.10 bits per heavy atom. The molecule has 0 radical (unpaired) electrons. The third-order valence-corrected chi connectivity index (χ3v) is 6.46. The molecule has 2 fully saturated rings.